The summed E-state index contributed by atoms with van der Waals surface area (Å²) >= 11 is 6.66. The van der Waals surface area contributed by atoms with Gasteiger partial charge in [-0.05, 0) is 55.6 Å². The van der Waals surface area contributed by atoms with Gasteiger partial charge in [0, 0.05) is 12.1 Å². The van der Waals surface area contributed by atoms with Gasteiger partial charge in [0.15, 0.2) is 11.5 Å². The lowest BCUT2D eigenvalue weighted by molar-refractivity contribution is 0.281. The molecule has 0 bridgehead atoms. The first-order valence-electron chi connectivity index (χ1n) is 6.19. The van der Waals surface area contributed by atoms with Crippen molar-refractivity contribution >= 4 is 31.9 Å². The summed E-state index contributed by atoms with van der Waals surface area (Å²) < 4.78 is 25.7. The van der Waals surface area contributed by atoms with Gasteiger partial charge in [0.2, 0.25) is 0 Å². The van der Waals surface area contributed by atoms with Crippen molar-refractivity contribution in [2.75, 3.05) is 7.11 Å². The average molecular weight is 419 g/mol. The van der Waals surface area contributed by atoms with Crippen LogP contribution in [0.4, 0.5) is 4.39 Å². The Hall–Kier alpha value is -1.11. The molecule has 6 heteroatoms. The van der Waals surface area contributed by atoms with E-state index in [1.165, 1.54) is 6.07 Å². The molecule has 0 saturated heterocycles. The first kappa shape index (κ1) is 16.3. The van der Waals surface area contributed by atoms with Crippen molar-refractivity contribution in [2.45, 2.75) is 13.2 Å². The Morgan fingerprint density at radius 3 is 2.67 bits per heavy atom. The third-order valence-corrected chi connectivity index (χ3v) is 4.41. The van der Waals surface area contributed by atoms with E-state index < -0.39 is 0 Å². The summed E-state index contributed by atoms with van der Waals surface area (Å²) in [6.45, 7) is 0.625. The van der Waals surface area contributed by atoms with Crippen molar-refractivity contribution in [1.82, 2.24) is 0 Å². The maximum atomic E-state index is 13.5. The van der Waals surface area contributed by atoms with E-state index >= 15 is 0 Å². The highest BCUT2D eigenvalue weighted by molar-refractivity contribution is 9.10. The summed E-state index contributed by atoms with van der Waals surface area (Å²) in [4.78, 5) is 0. The van der Waals surface area contributed by atoms with Gasteiger partial charge >= 0.3 is 0 Å². The van der Waals surface area contributed by atoms with E-state index in [2.05, 4.69) is 31.9 Å². The Labute approximate surface area is 139 Å². The molecule has 21 heavy (non-hydrogen) atoms. The third-order valence-electron chi connectivity index (χ3n) is 2.93. The van der Waals surface area contributed by atoms with Crippen LogP contribution in [0.5, 0.6) is 11.5 Å². The highest BCUT2D eigenvalue weighted by Crippen LogP contribution is 2.37. The molecular weight excluding hydrogens is 405 g/mol. The van der Waals surface area contributed by atoms with Crippen LogP contribution in [0.3, 0.4) is 0 Å². The maximum Gasteiger partial charge on any atom is 0.175 e. The lowest BCUT2D eigenvalue weighted by Crippen LogP contribution is -2.02. The quantitative estimate of drug-likeness (QED) is 0.782. The predicted molar refractivity (Wildman–Crippen MR) is 87.0 cm³/mol. The molecule has 0 unspecified atom stereocenters. The van der Waals surface area contributed by atoms with E-state index in [-0.39, 0.29) is 12.4 Å². The highest BCUT2D eigenvalue weighted by Gasteiger charge is 2.13. The maximum absolute atomic E-state index is 13.5. The summed E-state index contributed by atoms with van der Waals surface area (Å²) in [5, 5.41) is 0. The molecule has 2 rings (SSSR count). The zero-order chi connectivity index (χ0) is 15.4. The Morgan fingerprint density at radius 2 is 2.00 bits per heavy atom. The zero-order valence-corrected chi connectivity index (χ0v) is 14.5. The molecule has 0 fully saturated rings. The molecule has 0 heterocycles. The molecule has 0 saturated carbocycles. The van der Waals surface area contributed by atoms with Crippen LogP contribution in [-0.4, -0.2) is 7.11 Å². The van der Waals surface area contributed by atoms with Gasteiger partial charge in [-0.25, -0.2) is 4.39 Å². The number of hydrogen-bond donors (Lipinski definition) is 1. The fourth-order valence-electron chi connectivity index (χ4n) is 1.84. The minimum atomic E-state index is -0.319. The molecule has 0 aromatic heterocycles. The molecule has 0 radical (unpaired) electrons. The standard InChI is InChI=1S/C15H14Br2FNO2/c1-20-13-6-9(7-19)5-11(16)15(13)21-8-10-3-2-4-12(18)14(10)17/h2-6H,7-8,19H2,1H3. The van der Waals surface area contributed by atoms with E-state index in [9.17, 15) is 4.39 Å². The second-order valence-electron chi connectivity index (χ2n) is 4.31. The topological polar surface area (TPSA) is 44.5 Å². The molecule has 3 nitrogen and oxygen atoms in total. The minimum Gasteiger partial charge on any atom is -0.493 e. The van der Waals surface area contributed by atoms with Gasteiger partial charge in [0.05, 0.1) is 16.1 Å². The van der Waals surface area contributed by atoms with Gasteiger partial charge in [0.25, 0.3) is 0 Å². The van der Waals surface area contributed by atoms with Crippen molar-refractivity contribution in [2.24, 2.45) is 5.73 Å². The van der Waals surface area contributed by atoms with Crippen molar-refractivity contribution in [3.05, 3.63) is 56.2 Å². The molecular formula is C15H14Br2FNO2. The van der Waals surface area contributed by atoms with Crippen LogP contribution in [0, 0.1) is 5.82 Å². The number of nitrogens with two attached hydrogens (primary N) is 1. The van der Waals surface area contributed by atoms with Crippen LogP contribution < -0.4 is 15.2 Å². The molecule has 2 aromatic carbocycles. The van der Waals surface area contributed by atoms with E-state index in [4.69, 9.17) is 15.2 Å². The molecule has 2 N–H and O–H groups in total. The summed E-state index contributed by atoms with van der Waals surface area (Å²) in [5.41, 5.74) is 7.27. The number of halogens is 3. The largest absolute Gasteiger partial charge is 0.493 e. The molecule has 0 aliphatic rings. The normalized spacial score (nSPS) is 10.5. The van der Waals surface area contributed by atoms with Crippen LogP contribution >= 0.6 is 31.9 Å². The fraction of sp³-hybridized carbons (Fsp3) is 0.200. The first-order chi connectivity index (χ1) is 10.1. The van der Waals surface area contributed by atoms with Crippen molar-refractivity contribution in [3.8, 4) is 11.5 Å². The van der Waals surface area contributed by atoms with E-state index in [0.29, 0.717) is 28.1 Å². The lowest BCUT2D eigenvalue weighted by Gasteiger charge is -2.14. The number of benzene rings is 2. The molecule has 0 aliphatic heterocycles. The van der Waals surface area contributed by atoms with Crippen LogP contribution in [0.2, 0.25) is 0 Å². The Bertz CT molecular complexity index is 650. The van der Waals surface area contributed by atoms with Gasteiger partial charge < -0.3 is 15.2 Å². The minimum absolute atomic E-state index is 0.218. The van der Waals surface area contributed by atoms with E-state index in [1.807, 2.05) is 12.1 Å². The Morgan fingerprint density at radius 1 is 1.24 bits per heavy atom. The number of methoxy groups -OCH3 is 1. The monoisotopic (exact) mass is 417 g/mol. The van der Waals surface area contributed by atoms with Gasteiger partial charge in [-0.2, -0.15) is 0 Å². The van der Waals surface area contributed by atoms with Gasteiger partial charge in [-0.1, -0.05) is 12.1 Å². The second kappa shape index (κ2) is 7.24. The molecule has 112 valence electrons. The third kappa shape index (κ3) is 3.75. The lowest BCUT2D eigenvalue weighted by atomic mass is 10.2. The number of rotatable bonds is 5. The first-order valence-corrected chi connectivity index (χ1v) is 7.77. The van der Waals surface area contributed by atoms with Crippen molar-refractivity contribution in [3.63, 3.8) is 0 Å². The summed E-state index contributed by atoms with van der Waals surface area (Å²) in [7, 11) is 1.56. The molecule has 2 aromatic rings. The summed E-state index contributed by atoms with van der Waals surface area (Å²) in [5.74, 6) is 0.823. The van der Waals surface area contributed by atoms with Gasteiger partial charge in [-0.3, -0.25) is 0 Å². The van der Waals surface area contributed by atoms with E-state index in [0.717, 1.165) is 10.0 Å². The molecule has 0 spiro atoms. The van der Waals surface area contributed by atoms with Gasteiger partial charge in [0.1, 0.15) is 12.4 Å². The fourth-order valence-corrected chi connectivity index (χ4v) is 2.82. The van der Waals surface area contributed by atoms with Crippen LogP contribution in [0.25, 0.3) is 0 Å². The summed E-state index contributed by atoms with van der Waals surface area (Å²) in [6, 6.07) is 8.52. The Kier molecular flexibility index (Phi) is 5.61. The molecule has 0 aliphatic carbocycles. The second-order valence-corrected chi connectivity index (χ2v) is 5.96. The number of hydrogen-bond acceptors (Lipinski definition) is 3. The Balaban J connectivity index is 2.25. The van der Waals surface area contributed by atoms with Crippen molar-refractivity contribution < 1.29 is 13.9 Å². The predicted octanol–water partition coefficient (Wildman–Crippen LogP) is 4.40. The van der Waals surface area contributed by atoms with Gasteiger partial charge in [-0.15, -0.1) is 0 Å². The summed E-state index contributed by atoms with van der Waals surface area (Å²) in [6.07, 6.45) is 0. The molecule has 0 atom stereocenters. The van der Waals surface area contributed by atoms with Crippen LogP contribution in [0.1, 0.15) is 11.1 Å². The van der Waals surface area contributed by atoms with Crippen molar-refractivity contribution in [1.29, 1.82) is 0 Å². The average Bonchev–Trinajstić information content (AvgIpc) is 2.49. The SMILES string of the molecule is COc1cc(CN)cc(Br)c1OCc1cccc(F)c1Br. The highest BCUT2D eigenvalue weighted by atomic mass is 79.9. The van der Waals surface area contributed by atoms with Crippen LogP contribution in [0.15, 0.2) is 39.3 Å². The number of ether oxygens (including phenoxy) is 2. The smallest absolute Gasteiger partial charge is 0.175 e. The zero-order valence-electron chi connectivity index (χ0n) is 11.3. The molecule has 0 amide bonds. The van der Waals surface area contributed by atoms with E-state index in [1.54, 1.807) is 19.2 Å². The van der Waals surface area contributed by atoms with Crippen LogP contribution in [-0.2, 0) is 13.2 Å².